The molecule has 2 aromatic carbocycles. The molecular formula is C21H16ClFN2O. The molecule has 0 radical (unpaired) electrons. The van der Waals surface area contributed by atoms with Crippen molar-refractivity contribution >= 4 is 17.4 Å². The van der Waals surface area contributed by atoms with Crippen LogP contribution >= 0.6 is 11.6 Å². The third kappa shape index (κ3) is 4.41. The molecule has 0 amide bonds. The van der Waals surface area contributed by atoms with Crippen molar-refractivity contribution in [3.05, 3.63) is 95.2 Å². The molecule has 0 aliphatic rings. The van der Waals surface area contributed by atoms with Crippen LogP contribution in [0.3, 0.4) is 0 Å². The molecule has 26 heavy (non-hydrogen) atoms. The number of nitrogens with zero attached hydrogens (tertiary/aromatic N) is 2. The van der Waals surface area contributed by atoms with Gasteiger partial charge in [0.2, 0.25) is 5.28 Å². The van der Waals surface area contributed by atoms with Gasteiger partial charge in [-0.2, -0.15) is 0 Å². The minimum absolute atomic E-state index is 0.0529. The number of rotatable bonds is 6. The first kappa shape index (κ1) is 18.0. The lowest BCUT2D eigenvalue weighted by Gasteiger charge is -2.10. The summed E-state index contributed by atoms with van der Waals surface area (Å²) in [5.74, 6) is -0.341. The van der Waals surface area contributed by atoms with Crippen molar-refractivity contribution in [1.82, 2.24) is 9.97 Å². The summed E-state index contributed by atoms with van der Waals surface area (Å²) in [6.07, 6.45) is 3.70. The standard InChI is InChI=1S/C21H16ClFN2O/c1-2-19(26)12-15-5-3-7-16(9-15)20-17(13-24-21(22)25-20)10-14-6-4-8-18(23)11-14/h2-9,11,13H,1,10,12H2. The summed E-state index contributed by atoms with van der Waals surface area (Å²) < 4.78 is 13.5. The van der Waals surface area contributed by atoms with E-state index in [1.165, 1.54) is 18.2 Å². The Bertz CT molecular complexity index is 972. The fraction of sp³-hybridized carbons (Fsp3) is 0.0952. The van der Waals surface area contributed by atoms with E-state index in [2.05, 4.69) is 16.5 Å². The first-order valence-electron chi connectivity index (χ1n) is 8.05. The second-order valence-corrected chi connectivity index (χ2v) is 6.21. The van der Waals surface area contributed by atoms with Crippen molar-refractivity contribution in [3.63, 3.8) is 0 Å². The first-order chi connectivity index (χ1) is 12.5. The van der Waals surface area contributed by atoms with Crippen molar-refractivity contribution < 1.29 is 9.18 Å². The van der Waals surface area contributed by atoms with E-state index in [0.717, 1.165) is 22.3 Å². The largest absolute Gasteiger partial charge is 0.295 e. The SMILES string of the molecule is C=CC(=O)Cc1cccc(-c2nc(Cl)ncc2Cc2cccc(F)c2)c1. The lowest BCUT2D eigenvalue weighted by Crippen LogP contribution is -2.00. The average molecular weight is 367 g/mol. The predicted octanol–water partition coefficient (Wildman–Crippen LogP) is 4.82. The quantitative estimate of drug-likeness (QED) is 0.464. The smallest absolute Gasteiger partial charge is 0.222 e. The molecule has 0 bridgehead atoms. The van der Waals surface area contributed by atoms with E-state index in [1.807, 2.05) is 30.3 Å². The van der Waals surface area contributed by atoms with Crippen molar-refractivity contribution in [2.45, 2.75) is 12.8 Å². The first-order valence-corrected chi connectivity index (χ1v) is 8.43. The number of allylic oxidation sites excluding steroid dienone is 1. The number of hydrogen-bond acceptors (Lipinski definition) is 3. The van der Waals surface area contributed by atoms with Gasteiger partial charge in [-0.25, -0.2) is 14.4 Å². The Balaban J connectivity index is 1.99. The van der Waals surface area contributed by atoms with Gasteiger partial charge < -0.3 is 0 Å². The summed E-state index contributed by atoms with van der Waals surface area (Å²) in [6.45, 7) is 3.50. The summed E-state index contributed by atoms with van der Waals surface area (Å²) in [4.78, 5) is 20.0. The molecule has 0 saturated carbocycles. The minimum Gasteiger partial charge on any atom is -0.295 e. The molecule has 130 valence electrons. The molecule has 0 aliphatic heterocycles. The number of aromatic nitrogens is 2. The van der Waals surface area contributed by atoms with Crippen molar-refractivity contribution in [2.75, 3.05) is 0 Å². The highest BCUT2D eigenvalue weighted by molar-refractivity contribution is 6.28. The van der Waals surface area contributed by atoms with Gasteiger partial charge in [0, 0.05) is 30.2 Å². The van der Waals surface area contributed by atoms with Crippen LogP contribution in [0.4, 0.5) is 4.39 Å². The molecule has 0 N–H and O–H groups in total. The zero-order chi connectivity index (χ0) is 18.5. The number of ketones is 1. The molecule has 0 aliphatic carbocycles. The summed E-state index contributed by atoms with van der Waals surface area (Å²) in [5, 5.41) is 0.135. The zero-order valence-electron chi connectivity index (χ0n) is 14.0. The van der Waals surface area contributed by atoms with Gasteiger partial charge in [0.25, 0.3) is 0 Å². The summed E-state index contributed by atoms with van der Waals surface area (Å²) in [7, 11) is 0. The van der Waals surface area contributed by atoms with Crippen molar-refractivity contribution in [2.24, 2.45) is 0 Å². The Kier molecular flexibility index (Phi) is 5.54. The maximum atomic E-state index is 13.5. The van der Waals surface area contributed by atoms with Crippen molar-refractivity contribution in [3.8, 4) is 11.3 Å². The fourth-order valence-corrected chi connectivity index (χ4v) is 2.87. The molecule has 5 heteroatoms. The van der Waals surface area contributed by atoms with Crippen LogP contribution in [0, 0.1) is 5.82 Å². The molecule has 0 saturated heterocycles. The molecule has 3 aromatic rings. The van der Waals surface area contributed by atoms with E-state index in [9.17, 15) is 9.18 Å². The highest BCUT2D eigenvalue weighted by Gasteiger charge is 2.11. The minimum atomic E-state index is -0.288. The van der Waals surface area contributed by atoms with Crippen LogP contribution in [-0.4, -0.2) is 15.8 Å². The fourth-order valence-electron chi connectivity index (χ4n) is 2.73. The molecule has 3 nitrogen and oxygen atoms in total. The van der Waals surface area contributed by atoms with Gasteiger partial charge in [-0.3, -0.25) is 4.79 Å². The summed E-state index contributed by atoms with van der Waals surface area (Å²) in [6, 6.07) is 13.9. The van der Waals surface area contributed by atoms with Gasteiger partial charge in [-0.1, -0.05) is 36.9 Å². The molecular weight excluding hydrogens is 351 g/mol. The van der Waals surface area contributed by atoms with Crippen LogP contribution in [0.15, 0.2) is 67.4 Å². The predicted molar refractivity (Wildman–Crippen MR) is 101 cm³/mol. The summed E-state index contributed by atoms with van der Waals surface area (Å²) >= 11 is 5.99. The third-order valence-electron chi connectivity index (χ3n) is 3.93. The Labute approximate surface area is 156 Å². The van der Waals surface area contributed by atoms with Gasteiger partial charge >= 0.3 is 0 Å². The van der Waals surface area contributed by atoms with E-state index in [1.54, 1.807) is 12.3 Å². The topological polar surface area (TPSA) is 42.9 Å². The van der Waals surface area contributed by atoms with Gasteiger partial charge in [-0.15, -0.1) is 0 Å². The molecule has 3 rings (SSSR count). The van der Waals surface area contributed by atoms with Crippen molar-refractivity contribution in [1.29, 1.82) is 0 Å². The summed E-state index contributed by atoms with van der Waals surface area (Å²) in [5.41, 5.74) is 4.00. The van der Waals surface area contributed by atoms with Gasteiger partial charge in [-0.05, 0) is 47.0 Å². The number of carbonyl (C=O) groups excluding carboxylic acids is 1. The highest BCUT2D eigenvalue weighted by atomic mass is 35.5. The Morgan fingerprint density at radius 2 is 1.92 bits per heavy atom. The molecule has 0 fully saturated rings. The van der Waals surface area contributed by atoms with Crippen LogP contribution in [-0.2, 0) is 17.6 Å². The van der Waals surface area contributed by atoms with E-state index >= 15 is 0 Å². The Morgan fingerprint density at radius 1 is 1.15 bits per heavy atom. The van der Waals surface area contributed by atoms with E-state index in [-0.39, 0.29) is 23.3 Å². The number of halogens is 2. The average Bonchev–Trinajstić information content (AvgIpc) is 2.63. The molecule has 1 heterocycles. The lowest BCUT2D eigenvalue weighted by atomic mass is 9.98. The molecule has 1 aromatic heterocycles. The maximum Gasteiger partial charge on any atom is 0.222 e. The second-order valence-electron chi connectivity index (χ2n) is 5.87. The van der Waals surface area contributed by atoms with E-state index in [0.29, 0.717) is 12.1 Å². The van der Waals surface area contributed by atoms with Crippen LogP contribution in [0.25, 0.3) is 11.3 Å². The maximum absolute atomic E-state index is 13.5. The molecule has 0 atom stereocenters. The normalized spacial score (nSPS) is 10.5. The number of carbonyl (C=O) groups is 1. The van der Waals surface area contributed by atoms with Gasteiger partial charge in [0.05, 0.1) is 5.69 Å². The van der Waals surface area contributed by atoms with E-state index in [4.69, 9.17) is 11.6 Å². The third-order valence-corrected chi connectivity index (χ3v) is 4.11. The van der Waals surface area contributed by atoms with Gasteiger partial charge in [0.1, 0.15) is 5.82 Å². The number of benzene rings is 2. The second kappa shape index (κ2) is 8.02. The molecule has 0 spiro atoms. The monoisotopic (exact) mass is 366 g/mol. The van der Waals surface area contributed by atoms with Crippen LogP contribution in [0.1, 0.15) is 16.7 Å². The highest BCUT2D eigenvalue weighted by Crippen LogP contribution is 2.26. The van der Waals surface area contributed by atoms with Gasteiger partial charge in [0.15, 0.2) is 5.78 Å². The van der Waals surface area contributed by atoms with Crippen LogP contribution < -0.4 is 0 Å². The zero-order valence-corrected chi connectivity index (χ0v) is 14.7. The van der Waals surface area contributed by atoms with Crippen LogP contribution in [0.5, 0.6) is 0 Å². The van der Waals surface area contributed by atoms with E-state index < -0.39 is 0 Å². The lowest BCUT2D eigenvalue weighted by molar-refractivity contribution is -0.114. The Morgan fingerprint density at radius 3 is 2.69 bits per heavy atom. The number of hydrogen-bond donors (Lipinski definition) is 0. The molecule has 0 unspecified atom stereocenters. The van der Waals surface area contributed by atoms with Crippen LogP contribution in [0.2, 0.25) is 5.28 Å². The Hall–Kier alpha value is -2.85.